The summed E-state index contributed by atoms with van der Waals surface area (Å²) in [6, 6.07) is 7.08. The zero-order chi connectivity index (χ0) is 15.3. The molecule has 0 saturated heterocycles. The van der Waals surface area contributed by atoms with Crippen molar-refractivity contribution in [3.63, 3.8) is 0 Å². The van der Waals surface area contributed by atoms with Gasteiger partial charge in [-0.3, -0.25) is 9.59 Å². The molecule has 0 bridgehead atoms. The first kappa shape index (κ1) is 15.4. The molecule has 0 atom stereocenters. The molecule has 1 saturated carbocycles. The van der Waals surface area contributed by atoms with Gasteiger partial charge in [-0.1, -0.05) is 31.4 Å². The molecule has 5 heteroatoms. The summed E-state index contributed by atoms with van der Waals surface area (Å²) < 4.78 is 0. The minimum absolute atomic E-state index is 0.0602. The molecule has 0 aliphatic heterocycles. The SMILES string of the molecule is Nc1ccccc1NC(=O)CC1(CC(=O)O)CCCCC1. The molecule has 5 nitrogen and oxygen atoms in total. The summed E-state index contributed by atoms with van der Waals surface area (Å²) >= 11 is 0. The minimum atomic E-state index is -0.830. The lowest BCUT2D eigenvalue weighted by molar-refractivity contribution is -0.140. The van der Waals surface area contributed by atoms with E-state index in [0.29, 0.717) is 11.4 Å². The van der Waals surface area contributed by atoms with Crippen LogP contribution in [0.25, 0.3) is 0 Å². The minimum Gasteiger partial charge on any atom is -0.481 e. The number of hydrogen-bond donors (Lipinski definition) is 3. The van der Waals surface area contributed by atoms with E-state index >= 15 is 0 Å². The topological polar surface area (TPSA) is 92.4 Å². The molecule has 1 fully saturated rings. The summed E-state index contributed by atoms with van der Waals surface area (Å²) in [4.78, 5) is 23.4. The van der Waals surface area contributed by atoms with E-state index in [2.05, 4.69) is 5.32 Å². The molecule has 1 aromatic rings. The van der Waals surface area contributed by atoms with Crippen LogP contribution in [0.5, 0.6) is 0 Å². The van der Waals surface area contributed by atoms with Crippen molar-refractivity contribution < 1.29 is 14.7 Å². The Labute approximate surface area is 124 Å². The molecule has 1 aromatic carbocycles. The molecule has 1 amide bonds. The van der Waals surface area contributed by atoms with Crippen molar-refractivity contribution in [1.29, 1.82) is 0 Å². The highest BCUT2D eigenvalue weighted by molar-refractivity contribution is 5.94. The number of rotatable bonds is 5. The van der Waals surface area contributed by atoms with E-state index in [1.807, 2.05) is 0 Å². The van der Waals surface area contributed by atoms with Crippen LogP contribution in [0.1, 0.15) is 44.9 Å². The summed E-state index contributed by atoms with van der Waals surface area (Å²) in [7, 11) is 0. The molecular weight excluding hydrogens is 268 g/mol. The van der Waals surface area contributed by atoms with Crippen molar-refractivity contribution in [2.75, 3.05) is 11.1 Å². The van der Waals surface area contributed by atoms with Gasteiger partial charge in [-0.2, -0.15) is 0 Å². The Morgan fingerprint density at radius 2 is 1.81 bits per heavy atom. The number of aliphatic carboxylic acids is 1. The molecule has 0 aromatic heterocycles. The number of nitrogen functional groups attached to an aromatic ring is 1. The summed E-state index contributed by atoms with van der Waals surface area (Å²) in [6.07, 6.45) is 5.02. The third-order valence-corrected chi connectivity index (χ3v) is 4.21. The van der Waals surface area contributed by atoms with Crippen molar-refractivity contribution >= 4 is 23.3 Å². The van der Waals surface area contributed by atoms with E-state index in [0.717, 1.165) is 32.1 Å². The fourth-order valence-corrected chi connectivity index (χ4v) is 3.18. The van der Waals surface area contributed by atoms with Crippen LogP contribution >= 0.6 is 0 Å². The number of para-hydroxylation sites is 2. The van der Waals surface area contributed by atoms with Gasteiger partial charge in [0.15, 0.2) is 0 Å². The van der Waals surface area contributed by atoms with E-state index in [9.17, 15) is 9.59 Å². The third-order valence-electron chi connectivity index (χ3n) is 4.21. The van der Waals surface area contributed by atoms with E-state index < -0.39 is 11.4 Å². The molecule has 114 valence electrons. The Hall–Kier alpha value is -2.04. The summed E-state index contributed by atoms with van der Waals surface area (Å²) in [5, 5.41) is 11.9. The second kappa shape index (κ2) is 6.61. The normalized spacial score (nSPS) is 17.1. The highest BCUT2D eigenvalue weighted by Crippen LogP contribution is 2.42. The maximum atomic E-state index is 12.3. The van der Waals surface area contributed by atoms with Crippen molar-refractivity contribution in [1.82, 2.24) is 0 Å². The second-order valence-corrected chi connectivity index (χ2v) is 5.94. The number of nitrogens with two attached hydrogens (primary N) is 1. The monoisotopic (exact) mass is 290 g/mol. The van der Waals surface area contributed by atoms with Gasteiger partial charge in [-0.15, -0.1) is 0 Å². The average molecular weight is 290 g/mol. The third kappa shape index (κ3) is 4.21. The first-order valence-electron chi connectivity index (χ1n) is 7.37. The number of hydrogen-bond acceptors (Lipinski definition) is 3. The van der Waals surface area contributed by atoms with Crippen LogP contribution in [0, 0.1) is 5.41 Å². The highest BCUT2D eigenvalue weighted by Gasteiger charge is 2.36. The molecule has 0 radical (unpaired) electrons. The summed E-state index contributed by atoms with van der Waals surface area (Å²) in [5.74, 6) is -0.986. The van der Waals surface area contributed by atoms with Crippen LogP contribution in [0.2, 0.25) is 0 Å². The number of carbonyl (C=O) groups is 2. The molecule has 1 aliphatic rings. The molecule has 0 spiro atoms. The number of carboxylic acid groups (broad SMARTS) is 1. The van der Waals surface area contributed by atoms with E-state index in [4.69, 9.17) is 10.8 Å². The highest BCUT2D eigenvalue weighted by atomic mass is 16.4. The fourth-order valence-electron chi connectivity index (χ4n) is 3.18. The Bertz CT molecular complexity index is 522. The van der Waals surface area contributed by atoms with Gasteiger partial charge in [0.2, 0.25) is 5.91 Å². The van der Waals surface area contributed by atoms with Crippen LogP contribution in [0.4, 0.5) is 11.4 Å². The lowest BCUT2D eigenvalue weighted by Crippen LogP contribution is -2.32. The molecule has 2 rings (SSSR count). The smallest absolute Gasteiger partial charge is 0.303 e. The molecule has 0 heterocycles. The number of benzene rings is 1. The number of carboxylic acids is 1. The summed E-state index contributed by atoms with van der Waals surface area (Å²) in [6.45, 7) is 0. The summed E-state index contributed by atoms with van der Waals surface area (Å²) in [5.41, 5.74) is 6.50. The Kier molecular flexibility index (Phi) is 4.83. The first-order valence-corrected chi connectivity index (χ1v) is 7.37. The molecular formula is C16H22N2O3. The van der Waals surface area contributed by atoms with Gasteiger partial charge in [0.25, 0.3) is 0 Å². The number of amides is 1. The van der Waals surface area contributed by atoms with Crippen molar-refractivity contribution in [2.24, 2.45) is 5.41 Å². The van der Waals surface area contributed by atoms with E-state index in [1.165, 1.54) is 0 Å². The standard InChI is InChI=1S/C16H22N2O3/c17-12-6-2-3-7-13(12)18-14(19)10-16(11-15(20)21)8-4-1-5-9-16/h2-3,6-7H,1,4-5,8-11,17H2,(H,18,19)(H,20,21). The first-order chi connectivity index (χ1) is 10.0. The fraction of sp³-hybridized carbons (Fsp3) is 0.500. The quantitative estimate of drug-likeness (QED) is 0.727. The number of anilines is 2. The van der Waals surface area contributed by atoms with Crippen molar-refractivity contribution in [2.45, 2.75) is 44.9 Å². The Morgan fingerprint density at radius 3 is 2.43 bits per heavy atom. The van der Waals surface area contributed by atoms with Crippen LogP contribution in [0.3, 0.4) is 0 Å². The predicted octanol–water partition coefficient (Wildman–Crippen LogP) is 3.02. The van der Waals surface area contributed by atoms with Crippen molar-refractivity contribution in [3.05, 3.63) is 24.3 Å². The van der Waals surface area contributed by atoms with Gasteiger partial charge in [0.05, 0.1) is 17.8 Å². The largest absolute Gasteiger partial charge is 0.481 e. The van der Waals surface area contributed by atoms with Gasteiger partial charge in [0.1, 0.15) is 0 Å². The average Bonchev–Trinajstić information content (AvgIpc) is 2.41. The lowest BCUT2D eigenvalue weighted by atomic mass is 9.69. The zero-order valence-electron chi connectivity index (χ0n) is 12.1. The van der Waals surface area contributed by atoms with Crippen LogP contribution < -0.4 is 11.1 Å². The number of nitrogens with one attached hydrogen (secondary N) is 1. The molecule has 0 unspecified atom stereocenters. The van der Waals surface area contributed by atoms with E-state index in [1.54, 1.807) is 24.3 Å². The molecule has 4 N–H and O–H groups in total. The van der Waals surface area contributed by atoms with Gasteiger partial charge in [-0.25, -0.2) is 0 Å². The second-order valence-electron chi connectivity index (χ2n) is 5.94. The maximum Gasteiger partial charge on any atom is 0.303 e. The lowest BCUT2D eigenvalue weighted by Gasteiger charge is -2.35. The van der Waals surface area contributed by atoms with Crippen LogP contribution in [-0.4, -0.2) is 17.0 Å². The number of carbonyl (C=O) groups excluding carboxylic acids is 1. The van der Waals surface area contributed by atoms with Gasteiger partial charge in [-0.05, 0) is 30.4 Å². The van der Waals surface area contributed by atoms with Gasteiger partial charge in [0, 0.05) is 6.42 Å². The maximum absolute atomic E-state index is 12.3. The molecule has 1 aliphatic carbocycles. The van der Waals surface area contributed by atoms with Crippen LogP contribution in [0.15, 0.2) is 24.3 Å². The van der Waals surface area contributed by atoms with E-state index in [-0.39, 0.29) is 18.7 Å². The Balaban J connectivity index is 2.04. The zero-order valence-corrected chi connectivity index (χ0v) is 12.1. The van der Waals surface area contributed by atoms with Gasteiger partial charge >= 0.3 is 5.97 Å². The Morgan fingerprint density at radius 1 is 1.14 bits per heavy atom. The van der Waals surface area contributed by atoms with Crippen LogP contribution in [-0.2, 0) is 9.59 Å². The molecule has 21 heavy (non-hydrogen) atoms. The predicted molar refractivity (Wildman–Crippen MR) is 81.9 cm³/mol. The van der Waals surface area contributed by atoms with Gasteiger partial charge < -0.3 is 16.2 Å². The van der Waals surface area contributed by atoms with Crippen molar-refractivity contribution in [3.8, 4) is 0 Å².